The lowest BCUT2D eigenvalue weighted by molar-refractivity contribution is 0.0691. The third-order valence-electron chi connectivity index (χ3n) is 2.33. The van der Waals surface area contributed by atoms with Crippen molar-refractivity contribution < 1.29 is 22.6 Å². The Bertz CT molecular complexity index is 391. The molecule has 1 heterocycles. The van der Waals surface area contributed by atoms with Crippen LogP contribution < -0.4 is 5.32 Å². The summed E-state index contributed by atoms with van der Waals surface area (Å²) in [5.41, 5.74) is 0. The average Bonchev–Trinajstić information content (AvgIpc) is 2.38. The first-order valence-corrected chi connectivity index (χ1v) is 5.97. The highest BCUT2D eigenvalue weighted by atomic mass is 19.2. The normalized spacial score (nSPS) is 10.7. The van der Waals surface area contributed by atoms with Crippen LogP contribution in [0.1, 0.15) is 12.8 Å². The molecule has 0 saturated carbocycles. The SMILES string of the molecule is COCCOCCCCNc1nc(F)c(F)cc1F. The maximum absolute atomic E-state index is 13.2. The van der Waals surface area contributed by atoms with Gasteiger partial charge < -0.3 is 14.8 Å². The van der Waals surface area contributed by atoms with Crippen molar-refractivity contribution in [1.82, 2.24) is 4.98 Å². The zero-order chi connectivity index (χ0) is 14.1. The largest absolute Gasteiger partial charge is 0.382 e. The smallest absolute Gasteiger partial charge is 0.251 e. The number of hydrogen-bond acceptors (Lipinski definition) is 4. The number of aromatic nitrogens is 1. The Labute approximate surface area is 109 Å². The molecule has 0 bridgehead atoms. The van der Waals surface area contributed by atoms with E-state index in [1.54, 1.807) is 7.11 Å². The third kappa shape index (κ3) is 5.89. The van der Waals surface area contributed by atoms with Gasteiger partial charge in [0.2, 0.25) is 0 Å². The van der Waals surface area contributed by atoms with E-state index in [0.29, 0.717) is 38.9 Å². The number of rotatable bonds is 9. The van der Waals surface area contributed by atoms with Crippen LogP contribution in [0.15, 0.2) is 6.07 Å². The standard InChI is InChI=1S/C12H17F3N2O2/c1-18-6-7-19-5-3-2-4-16-12-10(14)8-9(13)11(15)17-12/h8H,2-7H2,1H3,(H,16,17). The summed E-state index contributed by atoms with van der Waals surface area (Å²) in [4.78, 5) is 3.16. The van der Waals surface area contributed by atoms with Gasteiger partial charge in [0.1, 0.15) is 0 Å². The Morgan fingerprint density at radius 2 is 1.89 bits per heavy atom. The Morgan fingerprint density at radius 3 is 2.63 bits per heavy atom. The van der Waals surface area contributed by atoms with Crippen LogP contribution in [0.3, 0.4) is 0 Å². The molecule has 108 valence electrons. The van der Waals surface area contributed by atoms with E-state index in [-0.39, 0.29) is 5.82 Å². The minimum absolute atomic E-state index is 0.279. The van der Waals surface area contributed by atoms with Crippen molar-refractivity contribution in [2.45, 2.75) is 12.8 Å². The predicted octanol–water partition coefficient (Wildman–Crippen LogP) is 2.35. The molecule has 0 aliphatic rings. The first-order chi connectivity index (χ1) is 9.15. The van der Waals surface area contributed by atoms with E-state index in [2.05, 4.69) is 10.3 Å². The third-order valence-corrected chi connectivity index (χ3v) is 2.33. The monoisotopic (exact) mass is 278 g/mol. The van der Waals surface area contributed by atoms with E-state index < -0.39 is 17.6 Å². The van der Waals surface area contributed by atoms with Crippen LogP contribution in [0, 0.1) is 17.6 Å². The minimum atomic E-state index is -1.31. The maximum Gasteiger partial charge on any atom is 0.251 e. The van der Waals surface area contributed by atoms with E-state index in [9.17, 15) is 13.2 Å². The van der Waals surface area contributed by atoms with Gasteiger partial charge in [-0.05, 0) is 12.8 Å². The van der Waals surface area contributed by atoms with Crippen molar-refractivity contribution in [3.8, 4) is 0 Å². The molecule has 0 radical (unpaired) electrons. The molecule has 0 aliphatic heterocycles. The van der Waals surface area contributed by atoms with Crippen molar-refractivity contribution in [3.63, 3.8) is 0 Å². The van der Waals surface area contributed by atoms with Crippen LogP contribution >= 0.6 is 0 Å². The highest BCUT2D eigenvalue weighted by molar-refractivity contribution is 5.35. The second-order valence-electron chi connectivity index (χ2n) is 3.83. The molecule has 4 nitrogen and oxygen atoms in total. The van der Waals surface area contributed by atoms with Gasteiger partial charge in [0.05, 0.1) is 13.2 Å². The van der Waals surface area contributed by atoms with Gasteiger partial charge in [-0.25, -0.2) is 8.78 Å². The lowest BCUT2D eigenvalue weighted by Gasteiger charge is -2.07. The second kappa shape index (κ2) is 8.71. The molecule has 0 aliphatic carbocycles. The van der Waals surface area contributed by atoms with Crippen molar-refractivity contribution in [3.05, 3.63) is 23.6 Å². The fraction of sp³-hybridized carbons (Fsp3) is 0.583. The Balaban J connectivity index is 2.17. The topological polar surface area (TPSA) is 43.4 Å². The predicted molar refractivity (Wildman–Crippen MR) is 64.5 cm³/mol. The summed E-state index contributed by atoms with van der Waals surface area (Å²) in [6.07, 6.45) is 1.47. The molecule has 19 heavy (non-hydrogen) atoms. The highest BCUT2D eigenvalue weighted by Gasteiger charge is 2.10. The summed E-state index contributed by atoms with van der Waals surface area (Å²) in [6.45, 7) is 2.05. The van der Waals surface area contributed by atoms with Gasteiger partial charge >= 0.3 is 0 Å². The first-order valence-electron chi connectivity index (χ1n) is 5.97. The van der Waals surface area contributed by atoms with Crippen LogP contribution in [0.2, 0.25) is 0 Å². The lowest BCUT2D eigenvalue weighted by Crippen LogP contribution is -2.09. The van der Waals surface area contributed by atoms with Crippen LogP contribution in [0.5, 0.6) is 0 Å². The Hall–Kier alpha value is -1.34. The molecule has 1 aromatic heterocycles. The zero-order valence-electron chi connectivity index (χ0n) is 10.7. The zero-order valence-corrected chi connectivity index (χ0v) is 10.7. The number of hydrogen-bond donors (Lipinski definition) is 1. The summed E-state index contributed by atoms with van der Waals surface area (Å²) in [5.74, 6) is -3.80. The number of pyridine rings is 1. The van der Waals surface area contributed by atoms with Gasteiger partial charge in [0, 0.05) is 26.3 Å². The van der Waals surface area contributed by atoms with E-state index >= 15 is 0 Å². The lowest BCUT2D eigenvalue weighted by atomic mass is 10.3. The van der Waals surface area contributed by atoms with Gasteiger partial charge in [-0.2, -0.15) is 9.37 Å². The first kappa shape index (κ1) is 15.7. The summed E-state index contributed by atoms with van der Waals surface area (Å²) in [7, 11) is 1.59. The molecule has 1 N–H and O–H groups in total. The summed E-state index contributed by atoms with van der Waals surface area (Å²) >= 11 is 0. The van der Waals surface area contributed by atoms with E-state index in [0.717, 1.165) is 6.42 Å². The quantitative estimate of drug-likeness (QED) is 0.556. The second-order valence-corrected chi connectivity index (χ2v) is 3.83. The minimum Gasteiger partial charge on any atom is -0.382 e. The molecule has 0 unspecified atom stereocenters. The summed E-state index contributed by atoms with van der Waals surface area (Å²) in [5, 5.41) is 2.61. The highest BCUT2D eigenvalue weighted by Crippen LogP contribution is 2.14. The van der Waals surface area contributed by atoms with Crippen molar-refractivity contribution in [2.75, 3.05) is 38.8 Å². The number of anilines is 1. The number of ether oxygens (including phenoxy) is 2. The fourth-order valence-corrected chi connectivity index (χ4v) is 1.35. The molecule has 0 spiro atoms. The van der Waals surface area contributed by atoms with Crippen LogP contribution in [0.4, 0.5) is 19.0 Å². The van der Waals surface area contributed by atoms with Crippen molar-refractivity contribution in [2.24, 2.45) is 0 Å². The molecule has 0 atom stereocenters. The molecular formula is C12H17F3N2O2. The average molecular weight is 278 g/mol. The van der Waals surface area contributed by atoms with Crippen LogP contribution in [0.25, 0.3) is 0 Å². The molecule has 7 heteroatoms. The van der Waals surface area contributed by atoms with Gasteiger partial charge in [-0.1, -0.05) is 0 Å². The van der Waals surface area contributed by atoms with Crippen molar-refractivity contribution in [1.29, 1.82) is 0 Å². The molecule has 0 saturated heterocycles. The van der Waals surface area contributed by atoms with Gasteiger partial charge in [0.15, 0.2) is 17.5 Å². The van der Waals surface area contributed by atoms with E-state index in [1.807, 2.05) is 0 Å². The van der Waals surface area contributed by atoms with Crippen molar-refractivity contribution >= 4 is 5.82 Å². The Morgan fingerprint density at radius 1 is 1.11 bits per heavy atom. The summed E-state index contributed by atoms with van der Waals surface area (Å²) in [6, 6.07) is 0.471. The molecule has 1 aromatic rings. The van der Waals surface area contributed by atoms with Gasteiger partial charge in [-0.3, -0.25) is 0 Å². The molecular weight excluding hydrogens is 261 g/mol. The number of unbranched alkanes of at least 4 members (excludes halogenated alkanes) is 1. The van der Waals surface area contributed by atoms with E-state index in [1.165, 1.54) is 0 Å². The molecule has 0 fully saturated rings. The van der Waals surface area contributed by atoms with Crippen LogP contribution in [-0.2, 0) is 9.47 Å². The molecule has 0 aromatic carbocycles. The summed E-state index contributed by atoms with van der Waals surface area (Å²) < 4.78 is 48.6. The fourth-order valence-electron chi connectivity index (χ4n) is 1.35. The number of methoxy groups -OCH3 is 1. The molecule has 0 amide bonds. The Kier molecular flexibility index (Phi) is 7.20. The van der Waals surface area contributed by atoms with Gasteiger partial charge in [-0.15, -0.1) is 0 Å². The number of halogens is 3. The van der Waals surface area contributed by atoms with Gasteiger partial charge in [0.25, 0.3) is 5.95 Å². The van der Waals surface area contributed by atoms with Crippen LogP contribution in [-0.4, -0.2) is 38.5 Å². The number of nitrogens with zero attached hydrogens (tertiary/aromatic N) is 1. The van der Waals surface area contributed by atoms with E-state index in [4.69, 9.17) is 9.47 Å². The molecule has 1 rings (SSSR count). The number of nitrogens with one attached hydrogen (secondary N) is 1. The maximum atomic E-state index is 13.2.